The summed E-state index contributed by atoms with van der Waals surface area (Å²) < 4.78 is 10.5. The van der Waals surface area contributed by atoms with E-state index in [9.17, 15) is 4.79 Å². The molecule has 1 heterocycles. The first-order chi connectivity index (χ1) is 7.27. The van der Waals surface area contributed by atoms with E-state index in [1.165, 1.54) is 19.1 Å². The van der Waals surface area contributed by atoms with Crippen LogP contribution in [0.25, 0.3) is 0 Å². The van der Waals surface area contributed by atoms with Crippen molar-refractivity contribution in [2.75, 3.05) is 0 Å². The maximum Gasteiger partial charge on any atom is 0.372 e. The molecule has 0 bridgehead atoms. The summed E-state index contributed by atoms with van der Waals surface area (Å²) in [6.07, 6.45) is 6.27. The van der Waals surface area contributed by atoms with Gasteiger partial charge in [0.25, 0.3) is 0 Å². The molecule has 15 heavy (non-hydrogen) atoms. The van der Waals surface area contributed by atoms with Crippen LogP contribution >= 0.6 is 0 Å². The number of hydrogen-bond donors (Lipinski definition) is 1. The third kappa shape index (κ3) is 2.39. The lowest BCUT2D eigenvalue weighted by Crippen LogP contribution is -2.08. The number of hydrogen-bond acceptors (Lipinski definition) is 3. The highest BCUT2D eigenvalue weighted by molar-refractivity contribution is 5.85. The second kappa shape index (κ2) is 4.49. The normalized spacial score (nSPS) is 17.1. The van der Waals surface area contributed by atoms with Crippen molar-refractivity contribution < 1.29 is 19.1 Å². The van der Waals surface area contributed by atoms with E-state index in [1.807, 2.05) is 0 Å². The number of rotatable bonds is 4. The molecule has 1 saturated carbocycles. The summed E-state index contributed by atoms with van der Waals surface area (Å²) in [4.78, 5) is 10.7. The predicted molar refractivity (Wildman–Crippen MR) is 52.7 cm³/mol. The van der Waals surface area contributed by atoms with Crippen LogP contribution in [-0.4, -0.2) is 17.2 Å². The Morgan fingerprint density at radius 2 is 2.27 bits per heavy atom. The molecule has 82 valence electrons. The summed E-state index contributed by atoms with van der Waals surface area (Å²) >= 11 is 0. The van der Waals surface area contributed by atoms with Crippen LogP contribution in [0.2, 0.25) is 0 Å². The smallest absolute Gasteiger partial charge is 0.372 e. The molecule has 2 rings (SSSR count). The van der Waals surface area contributed by atoms with Crippen molar-refractivity contribution in [3.8, 4) is 0 Å². The quantitative estimate of drug-likeness (QED) is 0.829. The van der Waals surface area contributed by atoms with Crippen LogP contribution in [0.3, 0.4) is 0 Å². The molecule has 1 aliphatic rings. The summed E-state index contributed by atoms with van der Waals surface area (Å²) in [5.41, 5.74) is 0.620. The molecule has 1 aromatic rings. The molecule has 0 saturated heterocycles. The molecule has 1 aromatic heterocycles. The number of furan rings is 1. The van der Waals surface area contributed by atoms with E-state index in [0.29, 0.717) is 18.3 Å². The Labute approximate surface area is 87.8 Å². The first-order valence-corrected chi connectivity index (χ1v) is 5.18. The summed E-state index contributed by atoms with van der Waals surface area (Å²) in [6, 6.07) is 1.65. The average Bonchev–Trinajstić information content (AvgIpc) is 2.86. The molecule has 1 fully saturated rings. The van der Waals surface area contributed by atoms with Gasteiger partial charge in [0.2, 0.25) is 5.76 Å². The molecule has 0 radical (unpaired) electrons. The van der Waals surface area contributed by atoms with Gasteiger partial charge in [0.05, 0.1) is 19.0 Å². The van der Waals surface area contributed by atoms with Crippen LogP contribution in [0.5, 0.6) is 0 Å². The van der Waals surface area contributed by atoms with Crippen molar-refractivity contribution in [1.29, 1.82) is 0 Å². The van der Waals surface area contributed by atoms with Gasteiger partial charge in [-0.3, -0.25) is 0 Å². The van der Waals surface area contributed by atoms with Gasteiger partial charge < -0.3 is 14.3 Å². The maximum absolute atomic E-state index is 10.7. The maximum atomic E-state index is 10.7. The third-order valence-electron chi connectivity index (χ3n) is 2.72. The first kappa shape index (κ1) is 10.2. The molecule has 0 spiro atoms. The fourth-order valence-corrected chi connectivity index (χ4v) is 1.90. The van der Waals surface area contributed by atoms with Gasteiger partial charge in [0.15, 0.2) is 0 Å². The minimum atomic E-state index is -1.04. The minimum Gasteiger partial charge on any atom is -0.475 e. The Morgan fingerprint density at radius 3 is 2.93 bits per heavy atom. The van der Waals surface area contributed by atoms with E-state index < -0.39 is 5.97 Å². The Kier molecular flexibility index (Phi) is 3.06. The third-order valence-corrected chi connectivity index (χ3v) is 2.72. The molecule has 4 nitrogen and oxygen atoms in total. The number of aromatic carboxylic acids is 1. The van der Waals surface area contributed by atoms with Crippen LogP contribution in [0.1, 0.15) is 41.8 Å². The van der Waals surface area contributed by atoms with E-state index in [0.717, 1.165) is 12.8 Å². The van der Waals surface area contributed by atoms with Crippen LogP contribution in [-0.2, 0) is 11.3 Å². The van der Waals surface area contributed by atoms with Gasteiger partial charge in [-0.25, -0.2) is 4.79 Å². The van der Waals surface area contributed by atoms with Crippen LogP contribution in [0.4, 0.5) is 0 Å². The summed E-state index contributed by atoms with van der Waals surface area (Å²) in [7, 11) is 0. The highest BCUT2D eigenvalue weighted by Gasteiger charge is 2.18. The lowest BCUT2D eigenvalue weighted by molar-refractivity contribution is 0.0430. The van der Waals surface area contributed by atoms with Crippen molar-refractivity contribution in [3.05, 3.63) is 23.7 Å². The number of ether oxygens (including phenoxy) is 1. The van der Waals surface area contributed by atoms with E-state index in [2.05, 4.69) is 0 Å². The lowest BCUT2D eigenvalue weighted by atomic mass is 10.2. The van der Waals surface area contributed by atoms with Gasteiger partial charge in [0.1, 0.15) is 0 Å². The van der Waals surface area contributed by atoms with Gasteiger partial charge in [0, 0.05) is 5.56 Å². The molecule has 0 atom stereocenters. The summed E-state index contributed by atoms with van der Waals surface area (Å²) in [5, 5.41) is 8.80. The largest absolute Gasteiger partial charge is 0.475 e. The topological polar surface area (TPSA) is 59.7 Å². The monoisotopic (exact) mass is 210 g/mol. The van der Waals surface area contributed by atoms with Crippen LogP contribution in [0, 0.1) is 0 Å². The SMILES string of the molecule is O=C(O)c1occc1COC1CCCC1. The molecule has 0 aliphatic heterocycles. The Bertz CT molecular complexity index is 336. The Morgan fingerprint density at radius 1 is 1.53 bits per heavy atom. The standard InChI is InChI=1S/C11H14O4/c12-11(13)10-8(5-6-14-10)7-15-9-3-1-2-4-9/h5-6,9H,1-4,7H2,(H,12,13). The molecule has 4 heteroatoms. The zero-order valence-corrected chi connectivity index (χ0v) is 8.44. The molecule has 0 aromatic carbocycles. The molecule has 0 amide bonds. The van der Waals surface area contributed by atoms with Crippen molar-refractivity contribution >= 4 is 5.97 Å². The number of carbonyl (C=O) groups is 1. The summed E-state index contributed by atoms with van der Waals surface area (Å²) in [6.45, 7) is 0.336. The number of carboxylic acids is 1. The van der Waals surface area contributed by atoms with Crippen molar-refractivity contribution in [3.63, 3.8) is 0 Å². The first-order valence-electron chi connectivity index (χ1n) is 5.18. The fraction of sp³-hybridized carbons (Fsp3) is 0.545. The predicted octanol–water partition coefficient (Wildman–Crippen LogP) is 2.44. The van der Waals surface area contributed by atoms with Gasteiger partial charge in [-0.2, -0.15) is 0 Å². The molecule has 0 unspecified atom stereocenters. The van der Waals surface area contributed by atoms with Gasteiger partial charge in [-0.1, -0.05) is 12.8 Å². The van der Waals surface area contributed by atoms with E-state index in [4.69, 9.17) is 14.3 Å². The minimum absolute atomic E-state index is 0.00648. The molecule has 1 N–H and O–H groups in total. The van der Waals surface area contributed by atoms with Crippen molar-refractivity contribution in [2.45, 2.75) is 38.4 Å². The fourth-order valence-electron chi connectivity index (χ4n) is 1.90. The van der Waals surface area contributed by atoms with Gasteiger partial charge >= 0.3 is 5.97 Å². The average molecular weight is 210 g/mol. The number of carboxylic acid groups (broad SMARTS) is 1. The van der Waals surface area contributed by atoms with Crippen molar-refractivity contribution in [2.24, 2.45) is 0 Å². The second-order valence-corrected chi connectivity index (χ2v) is 3.80. The Balaban J connectivity index is 1.92. The molecular weight excluding hydrogens is 196 g/mol. The van der Waals surface area contributed by atoms with E-state index in [1.54, 1.807) is 6.07 Å². The zero-order chi connectivity index (χ0) is 10.7. The van der Waals surface area contributed by atoms with E-state index in [-0.39, 0.29) is 5.76 Å². The van der Waals surface area contributed by atoms with Crippen LogP contribution in [0.15, 0.2) is 16.7 Å². The highest BCUT2D eigenvalue weighted by atomic mass is 16.5. The molecule has 1 aliphatic carbocycles. The lowest BCUT2D eigenvalue weighted by Gasteiger charge is -2.09. The van der Waals surface area contributed by atoms with Crippen molar-refractivity contribution in [1.82, 2.24) is 0 Å². The highest BCUT2D eigenvalue weighted by Crippen LogP contribution is 2.23. The summed E-state index contributed by atoms with van der Waals surface area (Å²) in [5.74, 6) is -1.04. The van der Waals surface area contributed by atoms with Gasteiger partial charge in [-0.15, -0.1) is 0 Å². The van der Waals surface area contributed by atoms with E-state index >= 15 is 0 Å². The molecular formula is C11H14O4. The van der Waals surface area contributed by atoms with Crippen LogP contribution < -0.4 is 0 Å². The van der Waals surface area contributed by atoms with Gasteiger partial charge in [-0.05, 0) is 18.9 Å². The second-order valence-electron chi connectivity index (χ2n) is 3.80. The zero-order valence-electron chi connectivity index (χ0n) is 8.44. The Hall–Kier alpha value is -1.29.